The minimum absolute atomic E-state index is 0.322. The van der Waals surface area contributed by atoms with Gasteiger partial charge in [-0.25, -0.2) is 4.98 Å². The van der Waals surface area contributed by atoms with Crippen LogP contribution in [0.25, 0.3) is 0 Å². The highest BCUT2D eigenvalue weighted by Crippen LogP contribution is 1.94. The van der Waals surface area contributed by atoms with Crippen LogP contribution in [0.5, 0.6) is 0 Å². The Morgan fingerprint density at radius 2 is 2.78 bits per heavy atom. The van der Waals surface area contributed by atoms with Crippen molar-refractivity contribution in [3.05, 3.63) is 12.5 Å². The third kappa shape index (κ3) is 1.56. The number of rotatable bonds is 3. The summed E-state index contributed by atoms with van der Waals surface area (Å²) in [6.07, 6.45) is 3.96. The topological polar surface area (TPSA) is 57.8 Å². The molecule has 0 saturated heterocycles. The van der Waals surface area contributed by atoms with Gasteiger partial charge in [-0.2, -0.15) is 0 Å². The summed E-state index contributed by atoms with van der Waals surface area (Å²) < 4.78 is 0. The van der Waals surface area contributed by atoms with Crippen LogP contribution in [-0.2, 0) is 4.79 Å². The molecule has 9 heavy (non-hydrogen) atoms. The number of aldehydes is 1. The molecule has 1 heterocycles. The number of nitrogens with zero attached hydrogens (tertiary/aromatic N) is 1. The molecular formula is C5H7N3O. The van der Waals surface area contributed by atoms with Gasteiger partial charge in [-0.05, 0) is 0 Å². The van der Waals surface area contributed by atoms with Gasteiger partial charge in [0.15, 0.2) is 0 Å². The lowest BCUT2D eigenvalue weighted by Gasteiger charge is -1.92. The molecule has 0 bridgehead atoms. The second-order valence-electron chi connectivity index (χ2n) is 1.51. The monoisotopic (exact) mass is 125 g/mol. The third-order valence-electron chi connectivity index (χ3n) is 0.874. The number of hydrogen-bond acceptors (Lipinski definition) is 3. The average molecular weight is 125 g/mol. The normalized spacial score (nSPS) is 8.89. The van der Waals surface area contributed by atoms with Gasteiger partial charge in [-0.3, -0.25) is 0 Å². The molecule has 1 aromatic rings. The summed E-state index contributed by atoms with van der Waals surface area (Å²) in [6, 6.07) is 0. The van der Waals surface area contributed by atoms with Crippen LogP contribution in [0.3, 0.4) is 0 Å². The first kappa shape index (κ1) is 5.81. The van der Waals surface area contributed by atoms with E-state index < -0.39 is 0 Å². The van der Waals surface area contributed by atoms with Gasteiger partial charge in [0, 0.05) is 0 Å². The van der Waals surface area contributed by atoms with E-state index in [0.29, 0.717) is 6.54 Å². The smallest absolute Gasteiger partial charge is 0.139 e. The van der Waals surface area contributed by atoms with E-state index in [1.165, 1.54) is 0 Å². The second kappa shape index (κ2) is 2.86. The molecule has 0 saturated carbocycles. The van der Waals surface area contributed by atoms with E-state index in [4.69, 9.17) is 0 Å². The van der Waals surface area contributed by atoms with Crippen molar-refractivity contribution in [3.63, 3.8) is 0 Å². The number of hydrogen-bond donors (Lipinski definition) is 2. The molecule has 0 amide bonds. The van der Waals surface area contributed by atoms with Gasteiger partial charge in [0.25, 0.3) is 0 Å². The molecule has 0 fully saturated rings. The minimum atomic E-state index is 0.322. The van der Waals surface area contributed by atoms with Crippen molar-refractivity contribution in [1.29, 1.82) is 0 Å². The number of nitrogens with one attached hydrogen (secondary N) is 2. The van der Waals surface area contributed by atoms with Crippen LogP contribution >= 0.6 is 0 Å². The first-order chi connectivity index (χ1) is 4.43. The number of imidazole rings is 1. The maximum atomic E-state index is 9.80. The Morgan fingerprint density at radius 1 is 1.89 bits per heavy atom. The van der Waals surface area contributed by atoms with Gasteiger partial charge in [-0.1, -0.05) is 0 Å². The second-order valence-corrected chi connectivity index (χ2v) is 1.51. The molecule has 0 aliphatic rings. The van der Waals surface area contributed by atoms with E-state index >= 15 is 0 Å². The predicted molar refractivity (Wildman–Crippen MR) is 33.1 cm³/mol. The highest BCUT2D eigenvalue weighted by Gasteiger charge is 1.86. The molecule has 0 aliphatic heterocycles. The number of H-pyrrole nitrogens is 1. The molecule has 1 rings (SSSR count). The van der Waals surface area contributed by atoms with Crippen LogP contribution in [0.15, 0.2) is 12.5 Å². The van der Waals surface area contributed by atoms with Gasteiger partial charge in [0.2, 0.25) is 0 Å². The Kier molecular flexibility index (Phi) is 1.85. The lowest BCUT2D eigenvalue weighted by atomic mass is 10.6. The van der Waals surface area contributed by atoms with Crippen molar-refractivity contribution in [2.45, 2.75) is 0 Å². The summed E-state index contributed by atoms with van der Waals surface area (Å²) in [4.78, 5) is 16.3. The zero-order valence-corrected chi connectivity index (χ0v) is 4.79. The van der Waals surface area contributed by atoms with Crippen molar-refractivity contribution < 1.29 is 4.79 Å². The summed E-state index contributed by atoms with van der Waals surface area (Å²) in [7, 11) is 0. The Labute approximate surface area is 52.3 Å². The lowest BCUT2D eigenvalue weighted by molar-refractivity contribution is -0.106. The molecule has 0 radical (unpaired) electrons. The maximum Gasteiger partial charge on any atom is 0.139 e. The number of anilines is 1. The van der Waals surface area contributed by atoms with Gasteiger partial charge in [-0.15, -0.1) is 0 Å². The summed E-state index contributed by atoms with van der Waals surface area (Å²) in [5.41, 5.74) is 0. The van der Waals surface area contributed by atoms with E-state index in [0.717, 1.165) is 12.1 Å². The van der Waals surface area contributed by atoms with Crippen LogP contribution in [-0.4, -0.2) is 22.8 Å². The van der Waals surface area contributed by atoms with Gasteiger partial charge in [0.05, 0.1) is 19.1 Å². The van der Waals surface area contributed by atoms with Crippen LogP contribution < -0.4 is 5.32 Å². The van der Waals surface area contributed by atoms with Gasteiger partial charge < -0.3 is 15.1 Å². The average Bonchev–Trinajstić information content (AvgIpc) is 2.34. The van der Waals surface area contributed by atoms with Crippen LogP contribution in [0, 0.1) is 0 Å². The Bertz CT molecular complexity index is 170. The van der Waals surface area contributed by atoms with E-state index in [9.17, 15) is 4.79 Å². The van der Waals surface area contributed by atoms with E-state index in [1.807, 2.05) is 0 Å². The number of carbonyl (C=O) groups excluding carboxylic acids is 1. The molecule has 1 aromatic heterocycles. The fraction of sp³-hybridized carbons (Fsp3) is 0.200. The molecule has 0 aromatic carbocycles. The Balaban J connectivity index is 2.38. The number of carbonyl (C=O) groups is 1. The molecule has 4 heteroatoms. The molecule has 0 atom stereocenters. The molecule has 4 nitrogen and oxygen atoms in total. The van der Waals surface area contributed by atoms with Gasteiger partial charge in [0.1, 0.15) is 12.1 Å². The van der Waals surface area contributed by atoms with Crippen molar-refractivity contribution in [2.24, 2.45) is 0 Å². The fourth-order valence-corrected chi connectivity index (χ4v) is 0.504. The summed E-state index contributed by atoms with van der Waals surface area (Å²) in [5.74, 6) is 0.766. The van der Waals surface area contributed by atoms with Crippen molar-refractivity contribution in [3.8, 4) is 0 Å². The largest absolute Gasteiger partial charge is 0.364 e. The molecule has 0 unspecified atom stereocenters. The number of aromatic nitrogens is 2. The molecule has 2 N–H and O–H groups in total. The highest BCUT2D eigenvalue weighted by molar-refractivity contribution is 5.57. The van der Waals surface area contributed by atoms with E-state index in [2.05, 4.69) is 15.3 Å². The zero-order chi connectivity index (χ0) is 6.53. The Morgan fingerprint density at radius 3 is 3.33 bits per heavy atom. The molecule has 0 aliphatic carbocycles. The van der Waals surface area contributed by atoms with Gasteiger partial charge >= 0.3 is 0 Å². The predicted octanol–water partition coefficient (Wildman–Crippen LogP) is 0.0205. The zero-order valence-electron chi connectivity index (χ0n) is 4.79. The SMILES string of the molecule is O=CCNc1cnc[nH]1. The summed E-state index contributed by atoms with van der Waals surface area (Å²) in [5, 5.41) is 2.79. The minimum Gasteiger partial charge on any atom is -0.364 e. The fourth-order valence-electron chi connectivity index (χ4n) is 0.504. The van der Waals surface area contributed by atoms with E-state index in [1.54, 1.807) is 12.5 Å². The highest BCUT2D eigenvalue weighted by atomic mass is 16.1. The third-order valence-corrected chi connectivity index (χ3v) is 0.874. The first-order valence-corrected chi connectivity index (χ1v) is 2.59. The standard InChI is InChI=1S/C5H7N3O/c9-2-1-7-5-3-6-4-8-5/h2-4,7H,1H2,(H,6,8). The van der Waals surface area contributed by atoms with Crippen molar-refractivity contribution in [1.82, 2.24) is 9.97 Å². The quantitative estimate of drug-likeness (QED) is 0.560. The van der Waals surface area contributed by atoms with Crippen LogP contribution in [0.4, 0.5) is 5.82 Å². The van der Waals surface area contributed by atoms with Crippen molar-refractivity contribution in [2.75, 3.05) is 11.9 Å². The van der Waals surface area contributed by atoms with Crippen molar-refractivity contribution >= 4 is 12.1 Å². The van der Waals surface area contributed by atoms with E-state index in [-0.39, 0.29) is 0 Å². The lowest BCUT2D eigenvalue weighted by Crippen LogP contribution is -2.01. The maximum absolute atomic E-state index is 9.80. The Hall–Kier alpha value is -1.32. The molecule has 48 valence electrons. The first-order valence-electron chi connectivity index (χ1n) is 2.59. The summed E-state index contributed by atoms with van der Waals surface area (Å²) >= 11 is 0. The molecular weight excluding hydrogens is 118 g/mol. The number of aromatic amines is 1. The van der Waals surface area contributed by atoms with Crippen LogP contribution in [0.2, 0.25) is 0 Å². The molecule has 0 spiro atoms. The van der Waals surface area contributed by atoms with Crippen LogP contribution in [0.1, 0.15) is 0 Å². The summed E-state index contributed by atoms with van der Waals surface area (Å²) in [6.45, 7) is 0.322.